The van der Waals surface area contributed by atoms with Gasteiger partial charge in [0.2, 0.25) is 0 Å². The molecule has 0 saturated carbocycles. The van der Waals surface area contributed by atoms with E-state index in [-0.39, 0.29) is 6.61 Å². The van der Waals surface area contributed by atoms with E-state index in [4.69, 9.17) is 4.74 Å². The number of carbonyl (C=O) groups is 2. The van der Waals surface area contributed by atoms with Crippen molar-refractivity contribution < 1.29 is 19.1 Å². The molecule has 6 heteroatoms. The number of esters is 2. The third-order valence-electron chi connectivity index (χ3n) is 3.72. The zero-order valence-electron chi connectivity index (χ0n) is 13.9. The Morgan fingerprint density at radius 1 is 0.880 bits per heavy atom. The SMILES string of the molecule is COC(=O)c1ccc(C(=O)OCc2nc3ccccc3nc2C)cc1. The number of fused-ring (bicyclic) bond motifs is 1. The van der Waals surface area contributed by atoms with Gasteiger partial charge in [-0.1, -0.05) is 12.1 Å². The van der Waals surface area contributed by atoms with Crippen LogP contribution in [0.25, 0.3) is 11.0 Å². The van der Waals surface area contributed by atoms with Gasteiger partial charge < -0.3 is 9.47 Å². The molecule has 0 aliphatic rings. The van der Waals surface area contributed by atoms with Crippen LogP contribution in [-0.4, -0.2) is 29.0 Å². The molecule has 126 valence electrons. The molecule has 25 heavy (non-hydrogen) atoms. The number of methoxy groups -OCH3 is 1. The highest BCUT2D eigenvalue weighted by Gasteiger charge is 2.12. The topological polar surface area (TPSA) is 78.4 Å². The Kier molecular flexibility index (Phi) is 4.70. The minimum atomic E-state index is -0.495. The van der Waals surface area contributed by atoms with Crippen LogP contribution in [-0.2, 0) is 16.1 Å². The van der Waals surface area contributed by atoms with Crippen LogP contribution >= 0.6 is 0 Å². The van der Waals surface area contributed by atoms with E-state index < -0.39 is 11.9 Å². The summed E-state index contributed by atoms with van der Waals surface area (Å²) < 4.78 is 9.93. The molecule has 0 bridgehead atoms. The lowest BCUT2D eigenvalue weighted by Crippen LogP contribution is -2.09. The molecule has 3 aromatic rings. The van der Waals surface area contributed by atoms with Gasteiger partial charge in [0.1, 0.15) is 6.61 Å². The van der Waals surface area contributed by atoms with E-state index in [9.17, 15) is 9.59 Å². The Labute approximate surface area is 144 Å². The summed E-state index contributed by atoms with van der Waals surface area (Å²) in [6.45, 7) is 1.86. The summed E-state index contributed by atoms with van der Waals surface area (Å²) >= 11 is 0. The molecule has 0 aliphatic carbocycles. The Morgan fingerprint density at radius 3 is 2.04 bits per heavy atom. The van der Waals surface area contributed by atoms with Crippen molar-refractivity contribution in [2.75, 3.05) is 7.11 Å². The van der Waals surface area contributed by atoms with E-state index in [1.807, 2.05) is 31.2 Å². The minimum absolute atomic E-state index is 0.0290. The maximum absolute atomic E-state index is 12.2. The number of hydrogen-bond acceptors (Lipinski definition) is 6. The van der Waals surface area contributed by atoms with Crippen LogP contribution < -0.4 is 0 Å². The molecule has 0 amide bonds. The van der Waals surface area contributed by atoms with Gasteiger partial charge in [0.25, 0.3) is 0 Å². The molecule has 6 nitrogen and oxygen atoms in total. The van der Waals surface area contributed by atoms with E-state index in [0.29, 0.717) is 22.5 Å². The van der Waals surface area contributed by atoms with Crippen LogP contribution in [0.1, 0.15) is 32.1 Å². The summed E-state index contributed by atoms with van der Waals surface area (Å²) in [5.74, 6) is -0.951. The summed E-state index contributed by atoms with van der Waals surface area (Å²) in [7, 11) is 1.30. The summed E-state index contributed by atoms with van der Waals surface area (Å²) in [6, 6.07) is 13.6. The lowest BCUT2D eigenvalue weighted by Gasteiger charge is -2.08. The third kappa shape index (κ3) is 3.63. The normalized spacial score (nSPS) is 10.5. The molecule has 0 atom stereocenters. The number of para-hydroxylation sites is 2. The van der Waals surface area contributed by atoms with Gasteiger partial charge in [-0.25, -0.2) is 19.6 Å². The van der Waals surface area contributed by atoms with Crippen molar-refractivity contribution in [2.45, 2.75) is 13.5 Å². The van der Waals surface area contributed by atoms with E-state index in [0.717, 1.165) is 11.0 Å². The minimum Gasteiger partial charge on any atom is -0.465 e. The fourth-order valence-electron chi connectivity index (χ4n) is 2.34. The fraction of sp³-hybridized carbons (Fsp3) is 0.158. The fourth-order valence-corrected chi connectivity index (χ4v) is 2.34. The van der Waals surface area contributed by atoms with E-state index in [1.165, 1.54) is 31.4 Å². The molecule has 0 saturated heterocycles. The molecule has 1 heterocycles. The summed E-state index contributed by atoms with van der Waals surface area (Å²) in [4.78, 5) is 32.5. The monoisotopic (exact) mass is 336 g/mol. The van der Waals surface area contributed by atoms with E-state index >= 15 is 0 Å². The number of rotatable bonds is 4. The second-order valence-electron chi connectivity index (χ2n) is 5.39. The molecule has 3 rings (SSSR count). The number of nitrogens with zero attached hydrogens (tertiary/aromatic N) is 2. The Balaban J connectivity index is 1.72. The van der Waals surface area contributed by atoms with Crippen molar-refractivity contribution in [1.82, 2.24) is 9.97 Å². The number of carbonyl (C=O) groups excluding carboxylic acids is 2. The standard InChI is InChI=1S/C19H16N2O4/c1-12-17(21-16-6-4-3-5-15(16)20-12)11-25-19(23)14-9-7-13(8-10-14)18(22)24-2/h3-10H,11H2,1-2H3. The van der Waals surface area contributed by atoms with Crippen molar-refractivity contribution in [3.8, 4) is 0 Å². The lowest BCUT2D eigenvalue weighted by atomic mass is 10.1. The molecular formula is C19H16N2O4. The van der Waals surface area contributed by atoms with Gasteiger partial charge in [-0.15, -0.1) is 0 Å². The quantitative estimate of drug-likeness (QED) is 0.681. The van der Waals surface area contributed by atoms with Crippen molar-refractivity contribution in [1.29, 1.82) is 0 Å². The number of ether oxygens (including phenoxy) is 2. The first-order valence-electron chi connectivity index (χ1n) is 7.66. The van der Waals surface area contributed by atoms with Crippen LogP contribution in [0.3, 0.4) is 0 Å². The zero-order chi connectivity index (χ0) is 17.8. The lowest BCUT2D eigenvalue weighted by molar-refractivity contribution is 0.0465. The van der Waals surface area contributed by atoms with Crippen molar-refractivity contribution >= 4 is 23.0 Å². The van der Waals surface area contributed by atoms with E-state index in [2.05, 4.69) is 14.7 Å². The summed E-state index contributed by atoms with van der Waals surface area (Å²) in [5.41, 5.74) is 3.59. The molecule has 0 unspecified atom stereocenters. The molecule has 0 N–H and O–H groups in total. The predicted molar refractivity (Wildman–Crippen MR) is 91.2 cm³/mol. The highest BCUT2D eigenvalue weighted by Crippen LogP contribution is 2.14. The average molecular weight is 336 g/mol. The third-order valence-corrected chi connectivity index (χ3v) is 3.72. The van der Waals surface area contributed by atoms with Gasteiger partial charge in [0, 0.05) is 0 Å². The van der Waals surface area contributed by atoms with Gasteiger partial charge in [0.15, 0.2) is 0 Å². The van der Waals surface area contributed by atoms with Gasteiger partial charge in [-0.05, 0) is 43.3 Å². The van der Waals surface area contributed by atoms with Crippen LogP contribution in [0.15, 0.2) is 48.5 Å². The largest absolute Gasteiger partial charge is 0.465 e. The average Bonchev–Trinajstić information content (AvgIpc) is 2.65. The Bertz CT molecular complexity index is 936. The smallest absolute Gasteiger partial charge is 0.338 e. The number of hydrogen-bond donors (Lipinski definition) is 0. The molecule has 0 radical (unpaired) electrons. The van der Waals surface area contributed by atoms with Gasteiger partial charge in [-0.3, -0.25) is 0 Å². The first-order valence-corrected chi connectivity index (χ1v) is 7.66. The highest BCUT2D eigenvalue weighted by molar-refractivity contribution is 5.93. The molecule has 1 aromatic heterocycles. The molecule has 0 spiro atoms. The van der Waals surface area contributed by atoms with Crippen LogP contribution in [0.5, 0.6) is 0 Å². The van der Waals surface area contributed by atoms with Crippen LogP contribution in [0.4, 0.5) is 0 Å². The second kappa shape index (κ2) is 7.09. The Morgan fingerprint density at radius 2 is 1.44 bits per heavy atom. The van der Waals surface area contributed by atoms with Crippen molar-refractivity contribution in [3.05, 3.63) is 71.0 Å². The molecule has 0 aliphatic heterocycles. The van der Waals surface area contributed by atoms with Gasteiger partial charge >= 0.3 is 11.9 Å². The number of aryl methyl sites for hydroxylation is 1. The van der Waals surface area contributed by atoms with Crippen LogP contribution in [0.2, 0.25) is 0 Å². The molecule has 0 fully saturated rings. The highest BCUT2D eigenvalue weighted by atomic mass is 16.5. The summed E-state index contributed by atoms with van der Waals surface area (Å²) in [5, 5.41) is 0. The Hall–Kier alpha value is -3.28. The first kappa shape index (κ1) is 16.6. The number of benzene rings is 2. The maximum atomic E-state index is 12.2. The zero-order valence-corrected chi connectivity index (χ0v) is 13.9. The first-order chi connectivity index (χ1) is 12.1. The molecular weight excluding hydrogens is 320 g/mol. The van der Waals surface area contributed by atoms with E-state index in [1.54, 1.807) is 0 Å². The van der Waals surface area contributed by atoms with Crippen molar-refractivity contribution in [2.24, 2.45) is 0 Å². The predicted octanol–water partition coefficient (Wildman–Crippen LogP) is 3.08. The molecule has 2 aromatic carbocycles. The summed E-state index contributed by atoms with van der Waals surface area (Å²) in [6.07, 6.45) is 0. The maximum Gasteiger partial charge on any atom is 0.338 e. The number of aromatic nitrogens is 2. The van der Waals surface area contributed by atoms with Gasteiger partial charge in [0.05, 0.1) is 40.7 Å². The van der Waals surface area contributed by atoms with Crippen molar-refractivity contribution in [3.63, 3.8) is 0 Å². The van der Waals surface area contributed by atoms with Gasteiger partial charge in [-0.2, -0.15) is 0 Å². The second-order valence-corrected chi connectivity index (χ2v) is 5.39. The van der Waals surface area contributed by atoms with Crippen LogP contribution in [0, 0.1) is 6.92 Å².